The molecular formula is C16H28O. The van der Waals surface area contributed by atoms with Crippen molar-refractivity contribution < 1.29 is 4.74 Å². The highest BCUT2D eigenvalue weighted by Gasteiger charge is 2.42. The van der Waals surface area contributed by atoms with Gasteiger partial charge in [0.05, 0.1) is 12.2 Å². The van der Waals surface area contributed by atoms with Crippen LogP contribution in [0.25, 0.3) is 0 Å². The smallest absolute Gasteiger partial charge is 0.0609 e. The first-order chi connectivity index (χ1) is 8.26. The number of ether oxygens (including phenoxy) is 1. The number of fused-ring (bicyclic) bond motifs is 2. The highest BCUT2D eigenvalue weighted by Crippen LogP contribution is 2.46. The number of hydrogen-bond donors (Lipinski definition) is 0. The van der Waals surface area contributed by atoms with Gasteiger partial charge in [-0.3, -0.25) is 0 Å². The Morgan fingerprint density at radius 3 is 2.59 bits per heavy atom. The standard InChI is InChI=1S/C16H28O/c1-3-12-5-7-15-14(9-12)10-13-6-4-11(2)8-16(13)17-15/h11-16H,3-10H2,1-2H3. The molecule has 1 nitrogen and oxygen atoms in total. The summed E-state index contributed by atoms with van der Waals surface area (Å²) < 4.78 is 6.46. The van der Waals surface area contributed by atoms with Gasteiger partial charge in [-0.2, -0.15) is 0 Å². The molecule has 0 spiro atoms. The Labute approximate surface area is 106 Å². The van der Waals surface area contributed by atoms with Gasteiger partial charge in [0.15, 0.2) is 0 Å². The monoisotopic (exact) mass is 236 g/mol. The fourth-order valence-electron chi connectivity index (χ4n) is 4.57. The molecular weight excluding hydrogens is 208 g/mol. The maximum Gasteiger partial charge on any atom is 0.0609 e. The molecule has 6 atom stereocenters. The molecule has 3 fully saturated rings. The Balaban J connectivity index is 1.64. The molecule has 0 N–H and O–H groups in total. The lowest BCUT2D eigenvalue weighted by atomic mass is 9.68. The quantitative estimate of drug-likeness (QED) is 0.655. The Morgan fingerprint density at radius 2 is 1.76 bits per heavy atom. The molecule has 1 heterocycles. The van der Waals surface area contributed by atoms with E-state index in [1.54, 1.807) is 0 Å². The minimum atomic E-state index is 0.623. The summed E-state index contributed by atoms with van der Waals surface area (Å²) in [5, 5.41) is 0. The van der Waals surface area contributed by atoms with Crippen LogP contribution in [0.3, 0.4) is 0 Å². The van der Waals surface area contributed by atoms with Crippen molar-refractivity contribution in [3.05, 3.63) is 0 Å². The lowest BCUT2D eigenvalue weighted by Gasteiger charge is -2.48. The minimum absolute atomic E-state index is 0.623. The van der Waals surface area contributed by atoms with E-state index < -0.39 is 0 Å². The molecule has 1 saturated heterocycles. The Hall–Kier alpha value is -0.0400. The molecule has 3 aliphatic rings. The molecule has 98 valence electrons. The van der Waals surface area contributed by atoms with Crippen LogP contribution in [-0.4, -0.2) is 12.2 Å². The van der Waals surface area contributed by atoms with Crippen molar-refractivity contribution in [2.45, 2.75) is 77.4 Å². The van der Waals surface area contributed by atoms with Gasteiger partial charge in [-0.1, -0.05) is 26.7 Å². The number of rotatable bonds is 1. The van der Waals surface area contributed by atoms with Crippen molar-refractivity contribution in [2.75, 3.05) is 0 Å². The van der Waals surface area contributed by atoms with Crippen LogP contribution in [0.4, 0.5) is 0 Å². The van der Waals surface area contributed by atoms with Gasteiger partial charge in [0, 0.05) is 0 Å². The van der Waals surface area contributed by atoms with Gasteiger partial charge in [0.1, 0.15) is 0 Å². The van der Waals surface area contributed by atoms with E-state index in [0.717, 1.165) is 23.7 Å². The first kappa shape index (κ1) is 12.0. The van der Waals surface area contributed by atoms with E-state index in [0.29, 0.717) is 12.2 Å². The summed E-state index contributed by atoms with van der Waals surface area (Å²) in [7, 11) is 0. The second-order valence-corrected chi connectivity index (χ2v) is 6.97. The molecule has 0 aromatic heterocycles. The third kappa shape index (κ3) is 2.41. The molecule has 0 aromatic rings. The summed E-state index contributed by atoms with van der Waals surface area (Å²) in [6, 6.07) is 0. The summed E-state index contributed by atoms with van der Waals surface area (Å²) in [5.41, 5.74) is 0. The number of hydrogen-bond acceptors (Lipinski definition) is 1. The molecule has 6 unspecified atom stereocenters. The van der Waals surface area contributed by atoms with E-state index in [2.05, 4.69) is 13.8 Å². The van der Waals surface area contributed by atoms with E-state index in [-0.39, 0.29) is 0 Å². The maximum absolute atomic E-state index is 6.46. The molecule has 1 aliphatic heterocycles. The van der Waals surface area contributed by atoms with Gasteiger partial charge in [0.2, 0.25) is 0 Å². The Kier molecular flexibility index (Phi) is 3.47. The SMILES string of the molecule is CCC1CCC2OC3CC(C)CCC3CC2C1. The average Bonchev–Trinajstić information content (AvgIpc) is 2.35. The van der Waals surface area contributed by atoms with Crippen molar-refractivity contribution in [1.29, 1.82) is 0 Å². The van der Waals surface area contributed by atoms with Gasteiger partial charge in [-0.15, -0.1) is 0 Å². The topological polar surface area (TPSA) is 9.23 Å². The third-order valence-corrected chi connectivity index (χ3v) is 5.74. The van der Waals surface area contributed by atoms with Crippen molar-refractivity contribution >= 4 is 0 Å². The molecule has 0 amide bonds. The molecule has 0 bridgehead atoms. The van der Waals surface area contributed by atoms with Crippen LogP contribution < -0.4 is 0 Å². The lowest BCUT2D eigenvalue weighted by Crippen LogP contribution is -2.46. The third-order valence-electron chi connectivity index (χ3n) is 5.74. The predicted octanol–water partition coefficient (Wildman–Crippen LogP) is 4.41. The molecule has 17 heavy (non-hydrogen) atoms. The summed E-state index contributed by atoms with van der Waals surface area (Å²) >= 11 is 0. The van der Waals surface area contributed by atoms with Gasteiger partial charge >= 0.3 is 0 Å². The van der Waals surface area contributed by atoms with Gasteiger partial charge < -0.3 is 4.74 Å². The molecule has 0 aromatic carbocycles. The minimum Gasteiger partial charge on any atom is -0.374 e. The normalized spacial score (nSPS) is 50.5. The van der Waals surface area contributed by atoms with Crippen LogP contribution in [-0.2, 0) is 4.74 Å². The van der Waals surface area contributed by atoms with Gasteiger partial charge in [0.25, 0.3) is 0 Å². The molecule has 0 radical (unpaired) electrons. The van der Waals surface area contributed by atoms with Crippen molar-refractivity contribution in [2.24, 2.45) is 23.7 Å². The van der Waals surface area contributed by atoms with Crippen LogP contribution >= 0.6 is 0 Å². The highest BCUT2D eigenvalue weighted by atomic mass is 16.5. The van der Waals surface area contributed by atoms with Crippen molar-refractivity contribution in [3.63, 3.8) is 0 Å². The zero-order valence-corrected chi connectivity index (χ0v) is 11.5. The predicted molar refractivity (Wildman–Crippen MR) is 70.9 cm³/mol. The molecule has 2 saturated carbocycles. The first-order valence-electron chi connectivity index (χ1n) is 7.91. The molecule has 2 aliphatic carbocycles. The molecule has 1 heteroatoms. The zero-order valence-electron chi connectivity index (χ0n) is 11.5. The fraction of sp³-hybridized carbons (Fsp3) is 1.00. The summed E-state index contributed by atoms with van der Waals surface area (Å²) in [6.07, 6.45) is 12.6. The summed E-state index contributed by atoms with van der Waals surface area (Å²) in [6.45, 7) is 4.76. The maximum atomic E-state index is 6.46. The van der Waals surface area contributed by atoms with E-state index in [9.17, 15) is 0 Å². The Morgan fingerprint density at radius 1 is 0.882 bits per heavy atom. The fourth-order valence-corrected chi connectivity index (χ4v) is 4.57. The second kappa shape index (κ2) is 4.91. The zero-order chi connectivity index (χ0) is 11.8. The van der Waals surface area contributed by atoms with Crippen LogP contribution in [0, 0.1) is 23.7 Å². The Bertz CT molecular complexity index is 262. The lowest BCUT2D eigenvalue weighted by molar-refractivity contribution is -0.152. The van der Waals surface area contributed by atoms with E-state index in [1.165, 1.54) is 51.4 Å². The second-order valence-electron chi connectivity index (χ2n) is 6.97. The van der Waals surface area contributed by atoms with Gasteiger partial charge in [-0.05, 0) is 62.2 Å². The van der Waals surface area contributed by atoms with Gasteiger partial charge in [-0.25, -0.2) is 0 Å². The van der Waals surface area contributed by atoms with E-state index in [1.807, 2.05) is 0 Å². The van der Waals surface area contributed by atoms with E-state index >= 15 is 0 Å². The van der Waals surface area contributed by atoms with E-state index in [4.69, 9.17) is 4.74 Å². The summed E-state index contributed by atoms with van der Waals surface area (Å²) in [5.74, 6) is 3.71. The largest absolute Gasteiger partial charge is 0.374 e. The van der Waals surface area contributed by atoms with Crippen LogP contribution in [0.1, 0.15) is 65.2 Å². The van der Waals surface area contributed by atoms with Crippen LogP contribution in [0.2, 0.25) is 0 Å². The van der Waals surface area contributed by atoms with Crippen molar-refractivity contribution in [1.82, 2.24) is 0 Å². The summed E-state index contributed by atoms with van der Waals surface area (Å²) in [4.78, 5) is 0. The van der Waals surface area contributed by atoms with Crippen LogP contribution in [0.15, 0.2) is 0 Å². The molecule has 3 rings (SSSR count). The average molecular weight is 236 g/mol. The first-order valence-corrected chi connectivity index (χ1v) is 7.91. The highest BCUT2D eigenvalue weighted by molar-refractivity contribution is 4.91. The van der Waals surface area contributed by atoms with Crippen molar-refractivity contribution in [3.8, 4) is 0 Å². The van der Waals surface area contributed by atoms with Crippen LogP contribution in [0.5, 0.6) is 0 Å².